The van der Waals surface area contributed by atoms with Gasteiger partial charge in [-0.15, -0.1) is 0 Å². The van der Waals surface area contributed by atoms with E-state index in [1.165, 1.54) is 6.92 Å². The lowest BCUT2D eigenvalue weighted by Gasteiger charge is -2.16. The lowest BCUT2D eigenvalue weighted by atomic mass is 10.1. The Morgan fingerprint density at radius 1 is 1.29 bits per heavy atom. The van der Waals surface area contributed by atoms with E-state index in [0.717, 1.165) is 51.1 Å². The van der Waals surface area contributed by atoms with E-state index < -0.39 is 0 Å². The molecule has 1 aliphatic heterocycles. The average molecular weight is 462 g/mol. The van der Waals surface area contributed by atoms with Crippen molar-refractivity contribution in [3.05, 3.63) is 42.2 Å². The molecule has 0 spiro atoms. The third-order valence-corrected chi connectivity index (χ3v) is 6.13. The second-order valence-electron chi connectivity index (χ2n) is 8.60. The molecular formula is C24H27N7O3. The number of imidazole rings is 1. The first-order chi connectivity index (χ1) is 16.4. The molecule has 1 atom stereocenters. The van der Waals surface area contributed by atoms with E-state index in [1.807, 2.05) is 42.9 Å². The van der Waals surface area contributed by atoms with Crippen LogP contribution in [0.1, 0.15) is 18.9 Å². The number of carbonyl (C=O) groups excluding carboxylic acids is 2. The summed E-state index contributed by atoms with van der Waals surface area (Å²) in [6, 6.07) is 9.94. The quantitative estimate of drug-likeness (QED) is 0.421. The molecule has 3 N–H and O–H groups in total. The molecule has 0 radical (unpaired) electrons. The van der Waals surface area contributed by atoms with E-state index in [9.17, 15) is 9.59 Å². The van der Waals surface area contributed by atoms with Crippen LogP contribution in [0, 0.1) is 0 Å². The number of amides is 2. The molecule has 1 aromatic carbocycles. The van der Waals surface area contributed by atoms with Gasteiger partial charge >= 0.3 is 6.09 Å². The van der Waals surface area contributed by atoms with Crippen LogP contribution in [0.2, 0.25) is 0 Å². The van der Waals surface area contributed by atoms with Gasteiger partial charge in [-0.25, -0.2) is 14.8 Å². The first-order valence-electron chi connectivity index (χ1n) is 11.2. The van der Waals surface area contributed by atoms with Crippen molar-refractivity contribution in [3.63, 3.8) is 0 Å². The molecule has 0 bridgehead atoms. The first-order valence-corrected chi connectivity index (χ1v) is 11.2. The number of ether oxygens (including phenoxy) is 1. The maximum Gasteiger partial charge on any atom is 0.410 e. The second-order valence-corrected chi connectivity index (χ2v) is 8.60. The molecule has 0 aliphatic carbocycles. The molecule has 3 aromatic heterocycles. The summed E-state index contributed by atoms with van der Waals surface area (Å²) in [6.07, 6.45) is 2.15. The molecule has 1 saturated heterocycles. The van der Waals surface area contributed by atoms with Crippen molar-refractivity contribution in [2.45, 2.75) is 26.0 Å². The number of likely N-dealkylation sites (tertiary alicyclic amines) is 1. The van der Waals surface area contributed by atoms with Crippen LogP contribution >= 0.6 is 0 Å². The summed E-state index contributed by atoms with van der Waals surface area (Å²) in [7, 11) is 3.80. The van der Waals surface area contributed by atoms with Crippen molar-refractivity contribution in [2.75, 3.05) is 25.5 Å². The minimum Gasteiger partial charge on any atom is -0.445 e. The Labute approximate surface area is 196 Å². The van der Waals surface area contributed by atoms with Gasteiger partial charge in [-0.05, 0) is 29.7 Å². The number of pyridine rings is 1. The Hall–Kier alpha value is -4.08. The van der Waals surface area contributed by atoms with E-state index in [4.69, 9.17) is 4.74 Å². The van der Waals surface area contributed by atoms with Gasteiger partial charge in [-0.1, -0.05) is 18.2 Å². The summed E-state index contributed by atoms with van der Waals surface area (Å²) >= 11 is 0. The maximum absolute atomic E-state index is 12.5. The highest BCUT2D eigenvalue weighted by atomic mass is 16.6. The van der Waals surface area contributed by atoms with Crippen LogP contribution in [0.15, 0.2) is 36.7 Å². The Kier molecular flexibility index (Phi) is 5.56. The van der Waals surface area contributed by atoms with Crippen LogP contribution in [0.4, 0.5) is 10.6 Å². The number of aryl methyl sites for hydroxylation is 1. The highest BCUT2D eigenvalue weighted by molar-refractivity contribution is 6.07. The molecule has 10 nitrogen and oxygen atoms in total. The lowest BCUT2D eigenvalue weighted by molar-refractivity contribution is -0.119. The van der Waals surface area contributed by atoms with Crippen molar-refractivity contribution >= 4 is 39.9 Å². The molecule has 34 heavy (non-hydrogen) atoms. The number of hydrogen-bond donors (Lipinski definition) is 3. The minimum atomic E-state index is -0.369. The molecule has 1 unspecified atom stereocenters. The van der Waals surface area contributed by atoms with Crippen LogP contribution in [-0.2, 0) is 23.2 Å². The van der Waals surface area contributed by atoms with Gasteiger partial charge in [0.1, 0.15) is 17.8 Å². The highest BCUT2D eigenvalue weighted by Gasteiger charge is 2.27. The largest absolute Gasteiger partial charge is 0.445 e. The molecule has 176 valence electrons. The molecule has 4 aromatic rings. The Morgan fingerprint density at radius 2 is 2.15 bits per heavy atom. The number of aromatic amines is 1. The number of nitrogens with zero attached hydrogens (tertiary/aromatic N) is 4. The molecular weight excluding hydrogens is 434 g/mol. The number of carbonyl (C=O) groups is 2. The molecule has 2 amide bonds. The van der Waals surface area contributed by atoms with Gasteiger partial charge < -0.3 is 29.8 Å². The molecule has 1 aliphatic rings. The number of nitrogens with one attached hydrogen (secondary N) is 3. The third-order valence-electron chi connectivity index (χ3n) is 6.13. The predicted molar refractivity (Wildman–Crippen MR) is 129 cm³/mol. The molecule has 10 heteroatoms. The number of H-pyrrole nitrogens is 1. The number of benzene rings is 1. The van der Waals surface area contributed by atoms with E-state index in [2.05, 4.69) is 31.7 Å². The smallest absolute Gasteiger partial charge is 0.410 e. The van der Waals surface area contributed by atoms with Crippen LogP contribution in [0.5, 0.6) is 0 Å². The third kappa shape index (κ3) is 4.02. The average Bonchev–Trinajstić information content (AvgIpc) is 3.55. The van der Waals surface area contributed by atoms with Gasteiger partial charge in [0.05, 0.1) is 11.8 Å². The molecule has 0 saturated carbocycles. The number of hydrogen-bond acceptors (Lipinski definition) is 6. The Morgan fingerprint density at radius 3 is 2.94 bits per heavy atom. The standard InChI is InChI=1S/C24H27N7O3/c1-14(32)27-17-7-8-31(11-17)24(33)34-12-15-5-4-6-16(9-15)19-10-18-21-20(26-13-30(21)3)23(25-2)29-22(18)28-19/h4-6,9-10,13,17H,7-8,11-12H2,1-3H3,(H,27,32)(H2,25,28,29). The monoisotopic (exact) mass is 461 g/mol. The summed E-state index contributed by atoms with van der Waals surface area (Å²) in [5.74, 6) is 0.635. The van der Waals surface area contributed by atoms with Crippen LogP contribution in [0.25, 0.3) is 33.3 Å². The number of anilines is 1. The number of rotatable bonds is 5. The topological polar surface area (TPSA) is 117 Å². The van der Waals surface area contributed by atoms with Crippen molar-refractivity contribution in [1.82, 2.24) is 29.7 Å². The van der Waals surface area contributed by atoms with Gasteiger partial charge in [0.2, 0.25) is 5.91 Å². The fraction of sp³-hybridized carbons (Fsp3) is 0.333. The summed E-state index contributed by atoms with van der Waals surface area (Å²) in [6.45, 7) is 2.69. The second kappa shape index (κ2) is 8.69. The van der Waals surface area contributed by atoms with Crippen molar-refractivity contribution in [2.24, 2.45) is 7.05 Å². The summed E-state index contributed by atoms with van der Waals surface area (Å²) in [4.78, 5) is 37.9. The van der Waals surface area contributed by atoms with Crippen LogP contribution in [0.3, 0.4) is 0 Å². The highest BCUT2D eigenvalue weighted by Crippen LogP contribution is 2.31. The van der Waals surface area contributed by atoms with Crippen LogP contribution in [-0.4, -0.2) is 62.6 Å². The summed E-state index contributed by atoms with van der Waals surface area (Å²) < 4.78 is 7.53. The van der Waals surface area contributed by atoms with E-state index in [-0.39, 0.29) is 24.6 Å². The summed E-state index contributed by atoms with van der Waals surface area (Å²) in [5, 5.41) is 6.96. The normalized spacial score (nSPS) is 15.7. The van der Waals surface area contributed by atoms with Gasteiger partial charge in [0.25, 0.3) is 0 Å². The zero-order valence-corrected chi connectivity index (χ0v) is 19.4. The van der Waals surface area contributed by atoms with E-state index in [1.54, 1.807) is 11.2 Å². The Balaban J connectivity index is 1.33. The van der Waals surface area contributed by atoms with Crippen molar-refractivity contribution < 1.29 is 14.3 Å². The van der Waals surface area contributed by atoms with Gasteiger partial charge in [0, 0.05) is 51.2 Å². The fourth-order valence-corrected chi connectivity index (χ4v) is 4.52. The van der Waals surface area contributed by atoms with Crippen LogP contribution < -0.4 is 10.6 Å². The van der Waals surface area contributed by atoms with Gasteiger partial charge in [0.15, 0.2) is 5.82 Å². The van der Waals surface area contributed by atoms with Crippen molar-refractivity contribution in [1.29, 1.82) is 0 Å². The lowest BCUT2D eigenvalue weighted by Crippen LogP contribution is -2.37. The number of fused-ring (bicyclic) bond motifs is 3. The van der Waals surface area contributed by atoms with E-state index >= 15 is 0 Å². The fourth-order valence-electron chi connectivity index (χ4n) is 4.52. The minimum absolute atomic E-state index is 0.0154. The zero-order chi connectivity index (χ0) is 23.8. The zero-order valence-electron chi connectivity index (χ0n) is 19.4. The summed E-state index contributed by atoms with van der Waals surface area (Å²) in [5.41, 5.74) is 5.38. The molecule has 1 fully saturated rings. The molecule has 5 rings (SSSR count). The van der Waals surface area contributed by atoms with E-state index in [0.29, 0.717) is 13.1 Å². The Bertz CT molecular complexity index is 1390. The predicted octanol–water partition coefficient (Wildman–Crippen LogP) is 3.01. The number of aromatic nitrogens is 4. The van der Waals surface area contributed by atoms with Gasteiger partial charge in [-0.3, -0.25) is 4.79 Å². The SMILES string of the molecule is CNc1nc2[nH]c(-c3cccc(COC(=O)N4CCC(NC(C)=O)C4)c3)cc2c2c1ncn2C. The van der Waals surface area contributed by atoms with Gasteiger partial charge in [-0.2, -0.15) is 0 Å². The van der Waals surface area contributed by atoms with Crippen molar-refractivity contribution in [3.8, 4) is 11.3 Å². The molecule has 4 heterocycles. The maximum atomic E-state index is 12.5. The first kappa shape index (κ1) is 21.7.